The predicted octanol–water partition coefficient (Wildman–Crippen LogP) is 2.26. The first-order chi connectivity index (χ1) is 11.5. The summed E-state index contributed by atoms with van der Waals surface area (Å²) in [4.78, 5) is 16.9. The Morgan fingerprint density at radius 2 is 2.29 bits per heavy atom. The van der Waals surface area contributed by atoms with Gasteiger partial charge < -0.3 is 10.3 Å². The van der Waals surface area contributed by atoms with Gasteiger partial charge in [0, 0.05) is 25.7 Å². The van der Waals surface area contributed by atoms with E-state index in [1.54, 1.807) is 19.5 Å². The molecule has 1 atom stereocenters. The Kier molecular flexibility index (Phi) is 4.12. The molecule has 0 fully saturated rings. The summed E-state index contributed by atoms with van der Waals surface area (Å²) in [5.74, 6) is 1.18. The van der Waals surface area contributed by atoms with Crippen molar-refractivity contribution in [2.45, 2.75) is 19.0 Å². The third-order valence-electron chi connectivity index (χ3n) is 4.06. The van der Waals surface area contributed by atoms with E-state index in [4.69, 9.17) is 10.7 Å². The van der Waals surface area contributed by atoms with Gasteiger partial charge in [0.1, 0.15) is 11.9 Å². The molecule has 0 spiro atoms. The zero-order chi connectivity index (χ0) is 17.2. The zero-order valence-electron chi connectivity index (χ0n) is 13.8. The summed E-state index contributed by atoms with van der Waals surface area (Å²) < 4.78 is 2.03. The minimum absolute atomic E-state index is 0.448. The van der Waals surface area contributed by atoms with E-state index < -0.39 is 5.54 Å². The molecule has 0 bridgehead atoms. The van der Waals surface area contributed by atoms with Crippen LogP contribution in [0.3, 0.4) is 0 Å². The minimum atomic E-state index is -0.448. The Morgan fingerprint density at radius 1 is 1.46 bits per heavy atom. The Hall–Kier alpha value is -3.02. The lowest BCUT2D eigenvalue weighted by molar-refractivity contribution is 0.400. The molecular weight excluding hydrogens is 300 g/mol. The quantitative estimate of drug-likeness (QED) is 0.692. The number of aliphatic imine (C=N–C) groups is 3. The van der Waals surface area contributed by atoms with E-state index in [2.05, 4.69) is 40.6 Å². The summed E-state index contributed by atoms with van der Waals surface area (Å²) >= 11 is 0. The lowest BCUT2D eigenvalue weighted by Crippen LogP contribution is -2.37. The van der Waals surface area contributed by atoms with E-state index in [0.717, 1.165) is 22.5 Å². The van der Waals surface area contributed by atoms with E-state index in [0.29, 0.717) is 12.4 Å². The van der Waals surface area contributed by atoms with Gasteiger partial charge in [0.15, 0.2) is 11.7 Å². The summed E-state index contributed by atoms with van der Waals surface area (Å²) in [6, 6.07) is 8.14. The summed E-state index contributed by atoms with van der Waals surface area (Å²) in [5.41, 5.74) is 8.53. The molecule has 0 amide bonds. The molecule has 0 saturated heterocycles. The Morgan fingerprint density at radius 3 is 3.08 bits per heavy atom. The fraction of sp³-hybridized carbons (Fsp3) is 0.222. The van der Waals surface area contributed by atoms with Crippen molar-refractivity contribution in [2.24, 2.45) is 20.7 Å². The number of aromatic nitrogens is 2. The van der Waals surface area contributed by atoms with Crippen molar-refractivity contribution < 1.29 is 0 Å². The molecule has 6 heteroatoms. The summed E-state index contributed by atoms with van der Waals surface area (Å²) in [6.45, 7) is 6.82. The molecule has 24 heavy (non-hydrogen) atoms. The van der Waals surface area contributed by atoms with Crippen molar-refractivity contribution in [1.82, 2.24) is 9.55 Å². The number of allylic oxidation sites excluding steroid dienone is 1. The maximum Gasteiger partial charge on any atom is 0.175 e. The molecule has 2 heterocycles. The number of amidine groups is 1. The second kappa shape index (κ2) is 6.23. The van der Waals surface area contributed by atoms with Gasteiger partial charge in [0.25, 0.3) is 0 Å². The Balaban J connectivity index is 1.94. The highest BCUT2D eigenvalue weighted by atomic mass is 15.2. The van der Waals surface area contributed by atoms with Gasteiger partial charge in [-0.05, 0) is 29.7 Å². The van der Waals surface area contributed by atoms with Crippen LogP contribution in [0.15, 0.2) is 58.2 Å². The van der Waals surface area contributed by atoms with Crippen LogP contribution in [-0.2, 0) is 12.1 Å². The van der Waals surface area contributed by atoms with Crippen LogP contribution in [0, 0.1) is 0 Å². The van der Waals surface area contributed by atoms with Gasteiger partial charge in [-0.1, -0.05) is 24.8 Å². The van der Waals surface area contributed by atoms with Crippen LogP contribution >= 0.6 is 0 Å². The van der Waals surface area contributed by atoms with Crippen LogP contribution in [0.25, 0.3) is 5.57 Å². The second-order valence-electron chi connectivity index (χ2n) is 5.91. The molecule has 0 radical (unpaired) electrons. The van der Waals surface area contributed by atoms with Crippen molar-refractivity contribution in [2.75, 3.05) is 7.05 Å². The third kappa shape index (κ3) is 2.90. The van der Waals surface area contributed by atoms with Crippen LogP contribution in [0.5, 0.6) is 0 Å². The molecule has 1 aliphatic rings. The highest BCUT2D eigenvalue weighted by Gasteiger charge is 2.32. The molecule has 1 aliphatic heterocycles. The SMILES string of the molecule is C=C(C=NC=NC)c1cccc(C2(C)Cn3ccnc3C(N)=N2)c1. The fourth-order valence-corrected chi connectivity index (χ4v) is 2.83. The first-order valence-corrected chi connectivity index (χ1v) is 7.64. The number of nitrogens with two attached hydrogens (primary N) is 1. The molecular formula is C18H20N6. The average Bonchev–Trinajstić information content (AvgIpc) is 3.03. The van der Waals surface area contributed by atoms with Crippen LogP contribution in [0.2, 0.25) is 0 Å². The van der Waals surface area contributed by atoms with Crippen molar-refractivity contribution >= 4 is 24.0 Å². The van der Waals surface area contributed by atoms with Gasteiger partial charge in [-0.25, -0.2) is 9.98 Å². The number of hydrogen-bond donors (Lipinski definition) is 1. The smallest absolute Gasteiger partial charge is 0.175 e. The molecule has 2 aromatic rings. The topological polar surface area (TPSA) is 80.9 Å². The Labute approximate surface area is 141 Å². The highest BCUT2D eigenvalue weighted by Crippen LogP contribution is 2.32. The van der Waals surface area contributed by atoms with E-state index in [9.17, 15) is 0 Å². The minimum Gasteiger partial charge on any atom is -0.381 e. The van der Waals surface area contributed by atoms with Crippen LogP contribution < -0.4 is 5.73 Å². The van der Waals surface area contributed by atoms with E-state index >= 15 is 0 Å². The molecule has 2 N–H and O–H groups in total. The zero-order valence-corrected chi connectivity index (χ0v) is 13.8. The number of nitrogens with zero attached hydrogens (tertiary/aromatic N) is 5. The van der Waals surface area contributed by atoms with E-state index in [-0.39, 0.29) is 0 Å². The van der Waals surface area contributed by atoms with Gasteiger partial charge >= 0.3 is 0 Å². The standard InChI is InChI=1S/C18H20N6/c1-13(10-21-12-20-3)14-5-4-6-15(9-14)18(2)11-24-8-7-22-17(24)16(19)23-18/h4-10,12H,1,11H2,2-3H3,(H2,19,23). The van der Waals surface area contributed by atoms with Gasteiger partial charge in [-0.2, -0.15) is 0 Å². The number of benzene rings is 1. The van der Waals surface area contributed by atoms with E-state index in [1.807, 2.05) is 22.9 Å². The van der Waals surface area contributed by atoms with Crippen LogP contribution in [0.1, 0.15) is 23.9 Å². The number of imidazole rings is 1. The molecule has 122 valence electrons. The van der Waals surface area contributed by atoms with Gasteiger partial charge in [-0.3, -0.25) is 9.98 Å². The first kappa shape index (κ1) is 15.9. The largest absolute Gasteiger partial charge is 0.381 e. The average molecular weight is 320 g/mol. The summed E-state index contributed by atoms with van der Waals surface area (Å²) in [6.07, 6.45) is 6.85. The highest BCUT2D eigenvalue weighted by molar-refractivity contribution is 6.10. The molecule has 1 aromatic heterocycles. The molecule has 6 nitrogen and oxygen atoms in total. The van der Waals surface area contributed by atoms with Gasteiger partial charge in [0.05, 0.1) is 6.54 Å². The Bertz CT molecular complexity index is 858. The number of rotatable bonds is 4. The van der Waals surface area contributed by atoms with E-state index in [1.165, 1.54) is 6.34 Å². The molecule has 3 rings (SSSR count). The summed E-state index contributed by atoms with van der Waals surface area (Å²) in [7, 11) is 1.68. The lowest BCUT2D eigenvalue weighted by atomic mass is 9.89. The molecule has 0 saturated carbocycles. The predicted molar refractivity (Wildman–Crippen MR) is 98.7 cm³/mol. The maximum absolute atomic E-state index is 6.10. The van der Waals surface area contributed by atoms with Gasteiger partial charge in [-0.15, -0.1) is 0 Å². The maximum atomic E-state index is 6.10. The van der Waals surface area contributed by atoms with Gasteiger partial charge in [0.2, 0.25) is 0 Å². The van der Waals surface area contributed by atoms with Crippen LogP contribution in [-0.4, -0.2) is 35.0 Å². The number of hydrogen-bond acceptors (Lipinski definition) is 4. The second-order valence-corrected chi connectivity index (χ2v) is 5.91. The van der Waals surface area contributed by atoms with Crippen molar-refractivity contribution in [3.8, 4) is 0 Å². The third-order valence-corrected chi connectivity index (χ3v) is 4.06. The molecule has 0 aliphatic carbocycles. The molecule has 1 aromatic carbocycles. The number of fused-ring (bicyclic) bond motifs is 1. The fourth-order valence-electron chi connectivity index (χ4n) is 2.83. The monoisotopic (exact) mass is 320 g/mol. The van der Waals surface area contributed by atoms with Crippen molar-refractivity contribution in [3.63, 3.8) is 0 Å². The van der Waals surface area contributed by atoms with Crippen molar-refractivity contribution in [1.29, 1.82) is 0 Å². The molecule has 1 unspecified atom stereocenters. The summed E-state index contributed by atoms with van der Waals surface area (Å²) in [5, 5.41) is 0. The normalized spacial score (nSPS) is 20.3. The van der Waals surface area contributed by atoms with Crippen molar-refractivity contribution in [3.05, 3.63) is 60.2 Å². The van der Waals surface area contributed by atoms with Crippen LogP contribution in [0.4, 0.5) is 0 Å². The first-order valence-electron chi connectivity index (χ1n) is 7.64. The lowest BCUT2D eigenvalue weighted by Gasteiger charge is -2.31.